The van der Waals surface area contributed by atoms with Crippen molar-refractivity contribution in [3.8, 4) is 5.75 Å². The highest BCUT2D eigenvalue weighted by Crippen LogP contribution is 2.40. The molecule has 0 spiro atoms. The van der Waals surface area contributed by atoms with Gasteiger partial charge in [-0.15, -0.1) is 22.7 Å². The third-order valence-corrected chi connectivity index (χ3v) is 7.40. The molecule has 1 aromatic carbocycles. The van der Waals surface area contributed by atoms with E-state index < -0.39 is 0 Å². The lowest BCUT2D eigenvalue weighted by molar-refractivity contribution is 0.0697. The number of hydrogen-bond acceptors (Lipinski definition) is 5. The molecule has 1 aliphatic heterocycles. The number of amides is 1. The summed E-state index contributed by atoms with van der Waals surface area (Å²) in [5, 5.41) is 5.13. The van der Waals surface area contributed by atoms with E-state index in [1.54, 1.807) is 29.8 Å². The van der Waals surface area contributed by atoms with Crippen LogP contribution in [0.4, 0.5) is 0 Å². The number of aryl methyl sites for hydroxylation is 1. The molecule has 0 N–H and O–H groups in total. The molecule has 4 heterocycles. The number of carbonyl (C=O) groups excluding carboxylic acids is 1. The Morgan fingerprint density at radius 2 is 2.07 bits per heavy atom. The van der Waals surface area contributed by atoms with Gasteiger partial charge in [-0.2, -0.15) is 0 Å². The molecule has 0 aliphatic carbocycles. The van der Waals surface area contributed by atoms with E-state index in [4.69, 9.17) is 9.72 Å². The Kier molecular flexibility index (Phi) is 4.60. The summed E-state index contributed by atoms with van der Waals surface area (Å²) < 4.78 is 5.34. The lowest BCUT2D eigenvalue weighted by Crippen LogP contribution is -2.40. The van der Waals surface area contributed by atoms with Crippen LogP contribution in [0, 0.1) is 6.92 Å². The number of fused-ring (bicyclic) bond motifs is 2. The molecular formula is C23H20N2O2S2. The van der Waals surface area contributed by atoms with E-state index in [0.29, 0.717) is 12.1 Å². The number of thiophene rings is 2. The Morgan fingerprint density at radius 3 is 2.86 bits per heavy atom. The summed E-state index contributed by atoms with van der Waals surface area (Å²) in [6.07, 6.45) is 0.897. The first kappa shape index (κ1) is 18.3. The van der Waals surface area contributed by atoms with Crippen molar-refractivity contribution < 1.29 is 9.53 Å². The monoisotopic (exact) mass is 420 g/mol. The molecular weight excluding hydrogens is 400 g/mol. The van der Waals surface area contributed by atoms with Crippen molar-refractivity contribution in [1.82, 2.24) is 9.88 Å². The van der Waals surface area contributed by atoms with E-state index in [9.17, 15) is 4.79 Å². The third-order valence-electron chi connectivity index (χ3n) is 5.48. The van der Waals surface area contributed by atoms with Crippen LogP contribution in [0.15, 0.2) is 53.2 Å². The average Bonchev–Trinajstić information content (AvgIpc) is 3.43. The lowest BCUT2D eigenvalue weighted by Gasteiger charge is -2.35. The number of nitrogens with zero attached hydrogens (tertiary/aromatic N) is 2. The molecule has 3 aromatic heterocycles. The highest BCUT2D eigenvalue weighted by Gasteiger charge is 2.34. The molecule has 146 valence electrons. The van der Waals surface area contributed by atoms with Gasteiger partial charge in [-0.05, 0) is 66.1 Å². The second kappa shape index (κ2) is 7.28. The minimum atomic E-state index is -0.0297. The van der Waals surface area contributed by atoms with E-state index >= 15 is 0 Å². The van der Waals surface area contributed by atoms with Gasteiger partial charge in [0.15, 0.2) is 0 Å². The van der Waals surface area contributed by atoms with Crippen LogP contribution in [0.5, 0.6) is 5.75 Å². The first-order chi connectivity index (χ1) is 14.2. The molecule has 1 aliphatic rings. The van der Waals surface area contributed by atoms with Crippen LogP contribution in [0.2, 0.25) is 0 Å². The smallest absolute Gasteiger partial charge is 0.256 e. The number of carbonyl (C=O) groups is 1. The summed E-state index contributed by atoms with van der Waals surface area (Å²) in [5.41, 5.74) is 3.54. The molecule has 4 aromatic rings. The zero-order chi connectivity index (χ0) is 20.0. The highest BCUT2D eigenvalue weighted by molar-refractivity contribution is 7.10. The number of ether oxygens (including phenoxy) is 1. The number of methoxy groups -OCH3 is 1. The van der Waals surface area contributed by atoms with Crippen LogP contribution in [-0.4, -0.2) is 29.4 Å². The summed E-state index contributed by atoms with van der Waals surface area (Å²) in [6.45, 7) is 2.63. The van der Waals surface area contributed by atoms with Crippen LogP contribution in [-0.2, 0) is 6.42 Å². The summed E-state index contributed by atoms with van der Waals surface area (Å²) in [5.74, 6) is 0.800. The maximum absolute atomic E-state index is 13.7. The lowest BCUT2D eigenvalue weighted by atomic mass is 9.97. The number of pyridine rings is 1. The summed E-state index contributed by atoms with van der Waals surface area (Å²) >= 11 is 3.49. The molecule has 0 fully saturated rings. The molecule has 1 atom stereocenters. The van der Waals surface area contributed by atoms with Gasteiger partial charge in [0.25, 0.3) is 5.91 Å². The minimum Gasteiger partial charge on any atom is -0.497 e. The molecule has 0 saturated carbocycles. The van der Waals surface area contributed by atoms with E-state index in [2.05, 4.69) is 29.0 Å². The second-order valence-corrected chi connectivity index (χ2v) is 9.13. The molecule has 6 heteroatoms. The first-order valence-corrected chi connectivity index (χ1v) is 11.3. The molecule has 5 rings (SSSR count). The number of rotatable bonds is 3. The van der Waals surface area contributed by atoms with E-state index in [0.717, 1.165) is 28.8 Å². The zero-order valence-corrected chi connectivity index (χ0v) is 17.8. The van der Waals surface area contributed by atoms with E-state index in [1.165, 1.54) is 15.3 Å². The molecule has 0 unspecified atom stereocenters. The summed E-state index contributed by atoms with van der Waals surface area (Å²) in [4.78, 5) is 23.0. The Labute approximate surface area is 177 Å². The number of aromatic nitrogens is 1. The Morgan fingerprint density at radius 1 is 1.17 bits per heavy atom. The fraction of sp³-hybridized carbons (Fsp3) is 0.217. The molecule has 4 nitrogen and oxygen atoms in total. The molecule has 0 radical (unpaired) electrons. The molecule has 0 bridgehead atoms. The topological polar surface area (TPSA) is 42.4 Å². The number of hydrogen-bond donors (Lipinski definition) is 0. The largest absolute Gasteiger partial charge is 0.497 e. The quantitative estimate of drug-likeness (QED) is 0.442. The van der Waals surface area contributed by atoms with Crippen molar-refractivity contribution in [2.75, 3.05) is 13.7 Å². The Bertz CT molecular complexity index is 1200. The maximum Gasteiger partial charge on any atom is 0.256 e. The van der Waals surface area contributed by atoms with Crippen molar-refractivity contribution in [3.05, 3.63) is 79.8 Å². The van der Waals surface area contributed by atoms with Gasteiger partial charge in [-0.25, -0.2) is 0 Å². The fourth-order valence-electron chi connectivity index (χ4n) is 4.04. The van der Waals surface area contributed by atoms with Crippen LogP contribution < -0.4 is 4.74 Å². The van der Waals surface area contributed by atoms with Gasteiger partial charge < -0.3 is 9.64 Å². The minimum absolute atomic E-state index is 0.0297. The molecule has 29 heavy (non-hydrogen) atoms. The zero-order valence-electron chi connectivity index (χ0n) is 16.2. The fourth-order valence-corrected chi connectivity index (χ4v) is 5.80. The predicted octanol–water partition coefficient (Wildman–Crippen LogP) is 5.46. The van der Waals surface area contributed by atoms with Gasteiger partial charge in [0.1, 0.15) is 5.75 Å². The van der Waals surface area contributed by atoms with E-state index in [-0.39, 0.29) is 11.9 Å². The predicted molar refractivity (Wildman–Crippen MR) is 118 cm³/mol. The number of benzene rings is 1. The molecule has 1 amide bonds. The first-order valence-electron chi connectivity index (χ1n) is 9.52. The third kappa shape index (κ3) is 3.12. The van der Waals surface area contributed by atoms with Gasteiger partial charge in [-0.3, -0.25) is 9.78 Å². The van der Waals surface area contributed by atoms with Crippen molar-refractivity contribution in [1.29, 1.82) is 0 Å². The van der Waals surface area contributed by atoms with Gasteiger partial charge in [0, 0.05) is 21.7 Å². The summed E-state index contributed by atoms with van der Waals surface area (Å²) in [6, 6.07) is 14.0. The average molecular weight is 421 g/mol. The van der Waals surface area contributed by atoms with Gasteiger partial charge in [0.2, 0.25) is 0 Å². The van der Waals surface area contributed by atoms with Crippen LogP contribution >= 0.6 is 22.7 Å². The van der Waals surface area contributed by atoms with Crippen molar-refractivity contribution in [2.45, 2.75) is 19.4 Å². The molecule has 0 saturated heterocycles. The van der Waals surface area contributed by atoms with E-state index in [1.807, 2.05) is 36.1 Å². The Balaban J connectivity index is 1.60. The van der Waals surface area contributed by atoms with Gasteiger partial charge >= 0.3 is 0 Å². The summed E-state index contributed by atoms with van der Waals surface area (Å²) in [7, 11) is 1.65. The van der Waals surface area contributed by atoms with Crippen LogP contribution in [0.25, 0.3) is 10.9 Å². The van der Waals surface area contributed by atoms with Crippen molar-refractivity contribution in [2.24, 2.45) is 0 Å². The van der Waals surface area contributed by atoms with Crippen LogP contribution in [0.3, 0.4) is 0 Å². The van der Waals surface area contributed by atoms with Crippen molar-refractivity contribution in [3.63, 3.8) is 0 Å². The van der Waals surface area contributed by atoms with Gasteiger partial charge in [-0.1, -0.05) is 6.07 Å². The van der Waals surface area contributed by atoms with Gasteiger partial charge in [0.05, 0.1) is 29.9 Å². The standard InChI is InChI=1S/C23H20N2O2S2/c1-14-18(13-15-12-16(27-2)5-6-19(15)24-14)23(26)25-9-7-20-17(8-11-29-20)22(25)21-4-3-10-28-21/h3-6,8,10-13,22H,7,9H2,1-2H3/t22-/m0/s1. The second-order valence-electron chi connectivity index (χ2n) is 7.15. The normalized spacial score (nSPS) is 16.1. The van der Waals surface area contributed by atoms with Crippen LogP contribution in [0.1, 0.15) is 37.4 Å². The maximum atomic E-state index is 13.7. The van der Waals surface area contributed by atoms with Crippen molar-refractivity contribution >= 4 is 39.5 Å². The highest BCUT2D eigenvalue weighted by atomic mass is 32.1. The SMILES string of the molecule is COc1ccc2nc(C)c(C(=O)N3CCc4sccc4[C@H]3c3cccs3)cc2c1. The Hall–Kier alpha value is -2.70.